The van der Waals surface area contributed by atoms with E-state index in [4.69, 9.17) is 16.2 Å². The van der Waals surface area contributed by atoms with E-state index < -0.39 is 0 Å². The van der Waals surface area contributed by atoms with E-state index in [1.807, 2.05) is 12.1 Å². The summed E-state index contributed by atoms with van der Waals surface area (Å²) >= 11 is 0. The number of aromatic nitrogens is 2. The van der Waals surface area contributed by atoms with E-state index >= 15 is 0 Å². The number of aliphatic hydroxyl groups is 2. The first kappa shape index (κ1) is 43.7. The number of anilines is 3. The number of nitrogens with zero attached hydrogens (tertiary/aromatic N) is 4. The Bertz CT molecular complexity index is 2400. The van der Waals surface area contributed by atoms with Gasteiger partial charge in [-0.05, 0) is 112 Å². The van der Waals surface area contributed by atoms with Crippen LogP contribution in [0.1, 0.15) is 90.5 Å². The van der Waals surface area contributed by atoms with Crippen LogP contribution >= 0.6 is 0 Å². The molecule has 15 heteroatoms. The molecule has 344 valence electrons. The van der Waals surface area contributed by atoms with Crippen molar-refractivity contribution in [2.24, 2.45) is 11.3 Å². The molecule has 2 atom stereocenters. The van der Waals surface area contributed by atoms with Crippen LogP contribution in [0.3, 0.4) is 0 Å². The minimum atomic E-state index is -0.356. The molecule has 8 aliphatic rings. The van der Waals surface area contributed by atoms with Gasteiger partial charge >= 0.3 is 0 Å². The number of aliphatic hydroxyl groups excluding tert-OH is 2. The SMILES string of the molecule is Nc1ncc(-c2ccc(N3CCNCC3)cc2F)cc1C(=O)NC1CCC(O)CC1.Nc1ncc(-c2ccc([C@@]34C[C@@H]3CN(C3CCOCC3)C4)cc2)cc1C(=O)NC12CC(CO)(C1)C2. The van der Waals surface area contributed by atoms with Gasteiger partial charge in [-0.25, -0.2) is 14.4 Å². The smallest absolute Gasteiger partial charge is 0.255 e. The van der Waals surface area contributed by atoms with Crippen molar-refractivity contribution in [1.82, 2.24) is 30.8 Å². The number of likely N-dealkylation sites (tertiary alicyclic amines) is 1. The third-order valence-electron chi connectivity index (χ3n) is 15.6. The van der Waals surface area contributed by atoms with Crippen molar-refractivity contribution < 1.29 is 28.9 Å². The molecule has 2 amide bonds. The van der Waals surface area contributed by atoms with E-state index in [1.54, 1.807) is 18.3 Å². The first-order chi connectivity index (χ1) is 31.4. The predicted octanol–water partition coefficient (Wildman–Crippen LogP) is 4.64. The van der Waals surface area contributed by atoms with Crippen molar-refractivity contribution >= 4 is 29.1 Å². The lowest BCUT2D eigenvalue weighted by Gasteiger charge is -2.70. The second-order valence-electron chi connectivity index (χ2n) is 20.0. The fourth-order valence-corrected chi connectivity index (χ4v) is 11.9. The monoisotopic (exact) mass is 887 g/mol. The quantitative estimate of drug-likeness (QED) is 0.116. The fraction of sp³-hybridized carbons (Fsp3) is 0.520. The van der Waals surface area contributed by atoms with E-state index in [2.05, 4.69) is 60.0 Å². The Morgan fingerprint density at radius 2 is 1.51 bits per heavy atom. The predicted molar refractivity (Wildman–Crippen MR) is 248 cm³/mol. The molecule has 8 fully saturated rings. The van der Waals surface area contributed by atoms with E-state index in [9.17, 15) is 24.2 Å². The summed E-state index contributed by atoms with van der Waals surface area (Å²) in [6.07, 6.45) is 11.9. The standard InChI is InChI=1S/C28H34N4O3.C22H28FN5O2/c29-24-23(25(34)31-27-13-26(14-27,15-27)17-33)9-19(11-30-24)18-1-3-20(4-2-18)28-10-21(28)12-32(16-28)22-5-7-35-8-6-22;23-20-12-16(28-9-7-25-8-10-28)3-6-18(20)14-11-19(21(24)26-13-14)22(30)27-15-1-4-17(29)5-2-15/h1-4,9,11,21-22,33H,5-8,10,12-17H2,(H2,29,30)(H,31,34);3,6,11-13,15,17,25,29H,1-2,4-5,7-10H2,(H2,24,26)(H,27,30)/t21-,26?,27?,28+;/m1./s1. The number of amides is 2. The summed E-state index contributed by atoms with van der Waals surface area (Å²) in [4.78, 5) is 39.1. The fourth-order valence-electron chi connectivity index (χ4n) is 11.9. The van der Waals surface area contributed by atoms with Gasteiger partial charge in [-0.3, -0.25) is 14.5 Å². The van der Waals surface area contributed by atoms with E-state index in [0.29, 0.717) is 41.0 Å². The van der Waals surface area contributed by atoms with Crippen LogP contribution in [-0.4, -0.2) is 120 Å². The van der Waals surface area contributed by atoms with Gasteiger partial charge in [0.05, 0.1) is 17.2 Å². The Morgan fingerprint density at radius 3 is 2.18 bits per heavy atom. The molecule has 9 N–H and O–H groups in total. The van der Waals surface area contributed by atoms with Crippen LogP contribution in [0.15, 0.2) is 67.0 Å². The Kier molecular flexibility index (Phi) is 11.8. The topological polar surface area (TPSA) is 204 Å². The average molecular weight is 888 g/mol. The second-order valence-corrected chi connectivity index (χ2v) is 20.0. The van der Waals surface area contributed by atoms with Crippen LogP contribution in [0.5, 0.6) is 0 Å². The number of fused-ring (bicyclic) bond motifs is 1. The third-order valence-corrected chi connectivity index (χ3v) is 15.6. The summed E-state index contributed by atoms with van der Waals surface area (Å²) < 4.78 is 20.5. The molecule has 2 bridgehead atoms. The number of pyridine rings is 2. The molecule has 2 aromatic heterocycles. The van der Waals surface area contributed by atoms with Crippen molar-refractivity contribution in [3.05, 3.63) is 89.5 Å². The van der Waals surface area contributed by atoms with Gasteiger partial charge in [0.1, 0.15) is 17.5 Å². The summed E-state index contributed by atoms with van der Waals surface area (Å²) in [7, 11) is 0. The second kappa shape index (κ2) is 17.6. The number of carbonyl (C=O) groups is 2. The maximum Gasteiger partial charge on any atom is 0.255 e. The zero-order chi connectivity index (χ0) is 44.9. The maximum absolute atomic E-state index is 14.9. The number of piperazine rings is 1. The highest BCUT2D eigenvalue weighted by atomic mass is 19.1. The molecule has 14 nitrogen and oxygen atoms in total. The highest BCUT2D eigenvalue weighted by molar-refractivity contribution is 6.00. The molecule has 12 rings (SSSR count). The number of piperidine rings is 1. The van der Waals surface area contributed by atoms with Gasteiger partial charge in [0.25, 0.3) is 11.8 Å². The van der Waals surface area contributed by atoms with Gasteiger partial charge in [-0.2, -0.15) is 0 Å². The Labute approximate surface area is 379 Å². The molecule has 5 heterocycles. The van der Waals surface area contributed by atoms with E-state index in [1.165, 1.54) is 30.8 Å². The van der Waals surface area contributed by atoms with Crippen molar-refractivity contribution in [2.75, 3.05) is 75.5 Å². The number of hydrogen-bond acceptors (Lipinski definition) is 12. The first-order valence-corrected chi connectivity index (χ1v) is 23.6. The van der Waals surface area contributed by atoms with Gasteiger partial charge in [0.15, 0.2) is 0 Å². The Morgan fingerprint density at radius 1 is 0.846 bits per heavy atom. The number of benzene rings is 2. The van der Waals surface area contributed by atoms with E-state index in [0.717, 1.165) is 114 Å². The van der Waals surface area contributed by atoms with Crippen molar-refractivity contribution in [3.8, 4) is 22.3 Å². The van der Waals surface area contributed by atoms with Crippen LogP contribution in [-0.2, 0) is 10.2 Å². The van der Waals surface area contributed by atoms with Gasteiger partial charge in [-0.15, -0.1) is 0 Å². The van der Waals surface area contributed by atoms with E-state index in [-0.39, 0.29) is 64.5 Å². The minimum Gasteiger partial charge on any atom is -0.396 e. The molecule has 0 radical (unpaired) electrons. The highest BCUT2D eigenvalue weighted by Crippen LogP contribution is 2.67. The number of nitrogen functional groups attached to an aromatic ring is 2. The molecular formula is C50H62FN9O5. The summed E-state index contributed by atoms with van der Waals surface area (Å²) in [5.74, 6) is 0.298. The molecule has 5 saturated carbocycles. The van der Waals surface area contributed by atoms with Crippen LogP contribution in [0.4, 0.5) is 21.7 Å². The van der Waals surface area contributed by atoms with Gasteiger partial charge in [0, 0.05) is 122 Å². The third kappa shape index (κ3) is 8.69. The lowest BCUT2D eigenvalue weighted by molar-refractivity contribution is -0.172. The van der Waals surface area contributed by atoms with Crippen LogP contribution in [0.2, 0.25) is 0 Å². The molecule has 3 saturated heterocycles. The molecule has 4 aromatic rings. The van der Waals surface area contributed by atoms with Crippen molar-refractivity contribution in [2.45, 2.75) is 93.3 Å². The molecule has 0 unspecified atom stereocenters. The van der Waals surface area contributed by atoms with Crippen LogP contribution < -0.4 is 32.3 Å². The van der Waals surface area contributed by atoms with Gasteiger partial charge in [0.2, 0.25) is 0 Å². The molecule has 5 aliphatic carbocycles. The zero-order valence-corrected chi connectivity index (χ0v) is 37.0. The average Bonchev–Trinajstić information content (AvgIpc) is 3.88. The lowest BCUT2D eigenvalue weighted by atomic mass is 9.39. The number of hydrogen-bond donors (Lipinski definition) is 7. The molecule has 3 aliphatic heterocycles. The molecule has 2 aromatic carbocycles. The Balaban J connectivity index is 0.000000155. The van der Waals surface area contributed by atoms with Crippen molar-refractivity contribution in [1.29, 1.82) is 0 Å². The van der Waals surface area contributed by atoms with Crippen LogP contribution in [0, 0.1) is 17.2 Å². The maximum atomic E-state index is 14.9. The summed E-state index contributed by atoms with van der Waals surface area (Å²) in [5, 5.41) is 28.5. The molecule has 65 heavy (non-hydrogen) atoms. The summed E-state index contributed by atoms with van der Waals surface area (Å²) in [6.45, 7) is 7.81. The first-order valence-electron chi connectivity index (χ1n) is 23.6. The number of carbonyl (C=O) groups excluding carboxylic acids is 2. The van der Waals surface area contributed by atoms with Gasteiger partial charge in [-0.1, -0.05) is 24.3 Å². The summed E-state index contributed by atoms with van der Waals surface area (Å²) in [6, 6.07) is 18.2. The van der Waals surface area contributed by atoms with Crippen LogP contribution in [0.25, 0.3) is 22.3 Å². The lowest BCUT2D eigenvalue weighted by Crippen LogP contribution is -2.75. The number of nitrogens with one attached hydrogen (secondary N) is 3. The highest BCUT2D eigenvalue weighted by Gasteiger charge is 2.68. The number of nitrogens with two attached hydrogens (primary N) is 2. The normalized spacial score (nSPS) is 29.3. The summed E-state index contributed by atoms with van der Waals surface area (Å²) in [5.41, 5.74) is 18.0. The number of rotatable bonds is 10. The number of halogens is 1. The van der Waals surface area contributed by atoms with Crippen molar-refractivity contribution in [3.63, 3.8) is 0 Å². The molecule has 0 spiro atoms. The zero-order valence-electron chi connectivity index (χ0n) is 37.0. The largest absolute Gasteiger partial charge is 0.396 e. The molecular weight excluding hydrogens is 826 g/mol. The van der Waals surface area contributed by atoms with Gasteiger partial charge < -0.3 is 47.3 Å². The number of ether oxygens (including phenoxy) is 1. The Hall–Kier alpha value is -5.19. The minimum absolute atomic E-state index is 0.000918.